The fourth-order valence-electron chi connectivity index (χ4n) is 1.66. The van der Waals surface area contributed by atoms with Gasteiger partial charge in [-0.25, -0.2) is 4.39 Å². The summed E-state index contributed by atoms with van der Waals surface area (Å²) in [4.78, 5) is 0. The van der Waals surface area contributed by atoms with Gasteiger partial charge in [0.2, 0.25) is 0 Å². The van der Waals surface area contributed by atoms with Gasteiger partial charge >= 0.3 is 6.18 Å². The highest BCUT2D eigenvalue weighted by Crippen LogP contribution is 2.33. The Kier molecular flexibility index (Phi) is 6.78. The molecule has 0 heterocycles. The molecule has 0 fully saturated rings. The maximum Gasteiger partial charge on any atom is 0.419 e. The van der Waals surface area contributed by atoms with Crippen molar-refractivity contribution in [2.75, 3.05) is 19.7 Å². The summed E-state index contributed by atoms with van der Waals surface area (Å²) >= 11 is 0. The highest BCUT2D eigenvalue weighted by molar-refractivity contribution is 5.31. The number of hydrogen-bond acceptors (Lipinski definition) is 2. The van der Waals surface area contributed by atoms with Gasteiger partial charge < -0.3 is 10.1 Å². The van der Waals surface area contributed by atoms with Crippen LogP contribution in [-0.4, -0.2) is 19.7 Å². The number of ether oxygens (including phenoxy) is 1. The van der Waals surface area contributed by atoms with Crippen LogP contribution in [0.5, 0.6) is 5.75 Å². The van der Waals surface area contributed by atoms with Crippen molar-refractivity contribution in [2.24, 2.45) is 0 Å². The summed E-state index contributed by atoms with van der Waals surface area (Å²) in [6.45, 7) is 4.20. The van der Waals surface area contributed by atoms with Crippen LogP contribution in [0.2, 0.25) is 0 Å². The molecule has 6 heteroatoms. The SMILES string of the molecule is CCCNCCCCOc1ccc(F)c(C(F)(F)F)c1. The Hall–Kier alpha value is -1.30. The van der Waals surface area contributed by atoms with Gasteiger partial charge in [-0.1, -0.05) is 6.92 Å². The molecule has 0 aliphatic heterocycles. The van der Waals surface area contributed by atoms with Crippen LogP contribution in [0.15, 0.2) is 18.2 Å². The summed E-state index contributed by atoms with van der Waals surface area (Å²) < 4.78 is 55.7. The molecule has 1 aromatic rings. The Bertz CT molecular complexity index is 407. The van der Waals surface area contributed by atoms with E-state index in [4.69, 9.17) is 4.74 Å². The predicted molar refractivity (Wildman–Crippen MR) is 69.3 cm³/mol. The third-order valence-corrected chi connectivity index (χ3v) is 2.69. The Morgan fingerprint density at radius 2 is 1.90 bits per heavy atom. The maximum absolute atomic E-state index is 13.0. The number of hydrogen-bond donors (Lipinski definition) is 1. The minimum Gasteiger partial charge on any atom is -0.494 e. The Balaban J connectivity index is 2.38. The normalized spacial score (nSPS) is 11.7. The zero-order chi connectivity index (χ0) is 15.0. The minimum atomic E-state index is -4.70. The van der Waals surface area contributed by atoms with Gasteiger partial charge in [-0.3, -0.25) is 0 Å². The van der Waals surface area contributed by atoms with Gasteiger partial charge in [0.1, 0.15) is 11.6 Å². The van der Waals surface area contributed by atoms with Crippen LogP contribution < -0.4 is 10.1 Å². The molecule has 0 saturated carbocycles. The topological polar surface area (TPSA) is 21.3 Å². The van der Waals surface area contributed by atoms with E-state index in [1.165, 1.54) is 6.07 Å². The number of benzene rings is 1. The van der Waals surface area contributed by atoms with E-state index >= 15 is 0 Å². The molecular weight excluding hydrogens is 274 g/mol. The third-order valence-electron chi connectivity index (χ3n) is 2.69. The van der Waals surface area contributed by atoms with E-state index in [2.05, 4.69) is 12.2 Å². The zero-order valence-electron chi connectivity index (χ0n) is 11.4. The molecule has 0 bridgehead atoms. The summed E-state index contributed by atoms with van der Waals surface area (Å²) in [5.41, 5.74) is -1.29. The molecule has 0 saturated heterocycles. The first-order chi connectivity index (χ1) is 9.45. The molecule has 0 unspecified atom stereocenters. The highest BCUT2D eigenvalue weighted by atomic mass is 19.4. The summed E-state index contributed by atoms with van der Waals surface area (Å²) in [5, 5.41) is 3.22. The lowest BCUT2D eigenvalue weighted by atomic mass is 10.2. The van der Waals surface area contributed by atoms with Gasteiger partial charge in [0, 0.05) is 0 Å². The predicted octanol–water partition coefficient (Wildman–Crippen LogP) is 4.00. The van der Waals surface area contributed by atoms with Crippen molar-refractivity contribution in [3.63, 3.8) is 0 Å². The second-order valence-corrected chi connectivity index (χ2v) is 4.44. The largest absolute Gasteiger partial charge is 0.494 e. The molecule has 1 rings (SSSR count). The number of rotatable bonds is 8. The molecule has 0 aliphatic rings. The van der Waals surface area contributed by atoms with Crippen molar-refractivity contribution in [1.82, 2.24) is 5.32 Å². The Morgan fingerprint density at radius 1 is 1.15 bits per heavy atom. The number of halogens is 4. The second kappa shape index (κ2) is 8.09. The average Bonchev–Trinajstić information content (AvgIpc) is 2.38. The van der Waals surface area contributed by atoms with E-state index in [9.17, 15) is 17.6 Å². The van der Waals surface area contributed by atoms with Crippen LogP contribution in [0.3, 0.4) is 0 Å². The smallest absolute Gasteiger partial charge is 0.419 e. The average molecular weight is 293 g/mol. The van der Waals surface area contributed by atoms with Crippen molar-refractivity contribution in [1.29, 1.82) is 0 Å². The lowest BCUT2D eigenvalue weighted by Crippen LogP contribution is -2.16. The first-order valence-corrected chi connectivity index (χ1v) is 6.65. The first kappa shape index (κ1) is 16.8. The molecule has 0 aliphatic carbocycles. The summed E-state index contributed by atoms with van der Waals surface area (Å²) in [6, 6.07) is 2.69. The van der Waals surface area contributed by atoms with Gasteiger partial charge in [-0.15, -0.1) is 0 Å². The van der Waals surface area contributed by atoms with Gasteiger partial charge in [-0.05, 0) is 50.6 Å². The quantitative estimate of drug-likeness (QED) is 0.578. The summed E-state index contributed by atoms with van der Waals surface area (Å²) in [7, 11) is 0. The Morgan fingerprint density at radius 3 is 2.55 bits per heavy atom. The molecule has 20 heavy (non-hydrogen) atoms. The van der Waals surface area contributed by atoms with E-state index < -0.39 is 17.6 Å². The fourth-order valence-corrected chi connectivity index (χ4v) is 1.66. The molecule has 1 aromatic carbocycles. The number of alkyl halides is 3. The van der Waals surface area contributed by atoms with Crippen LogP contribution in [-0.2, 0) is 6.18 Å². The van der Waals surface area contributed by atoms with E-state index in [0.29, 0.717) is 12.7 Å². The molecule has 0 atom stereocenters. The van der Waals surface area contributed by atoms with Crippen LogP contribution in [0.25, 0.3) is 0 Å². The summed E-state index contributed by atoms with van der Waals surface area (Å²) in [6.07, 6.45) is -2.03. The van der Waals surface area contributed by atoms with E-state index in [0.717, 1.165) is 38.4 Å². The molecule has 0 aromatic heterocycles. The molecule has 0 spiro atoms. The molecule has 114 valence electrons. The molecule has 2 nitrogen and oxygen atoms in total. The van der Waals surface area contributed by atoms with Gasteiger partial charge in [0.25, 0.3) is 0 Å². The van der Waals surface area contributed by atoms with Gasteiger partial charge in [0.05, 0.1) is 12.2 Å². The van der Waals surface area contributed by atoms with Gasteiger partial charge in [-0.2, -0.15) is 13.2 Å². The number of nitrogens with one attached hydrogen (secondary N) is 1. The summed E-state index contributed by atoms with van der Waals surface area (Å²) in [5.74, 6) is -1.24. The highest BCUT2D eigenvalue weighted by Gasteiger charge is 2.34. The fraction of sp³-hybridized carbons (Fsp3) is 0.571. The monoisotopic (exact) mass is 293 g/mol. The zero-order valence-corrected chi connectivity index (χ0v) is 11.4. The second-order valence-electron chi connectivity index (χ2n) is 4.44. The van der Waals surface area contributed by atoms with E-state index in [1.807, 2.05) is 0 Å². The van der Waals surface area contributed by atoms with Crippen molar-refractivity contribution in [3.05, 3.63) is 29.6 Å². The van der Waals surface area contributed by atoms with Crippen molar-refractivity contribution in [2.45, 2.75) is 32.4 Å². The van der Waals surface area contributed by atoms with Crippen molar-refractivity contribution < 1.29 is 22.3 Å². The van der Waals surface area contributed by atoms with Crippen LogP contribution in [0, 0.1) is 5.82 Å². The molecule has 0 radical (unpaired) electrons. The lowest BCUT2D eigenvalue weighted by Gasteiger charge is -2.11. The van der Waals surface area contributed by atoms with Crippen molar-refractivity contribution >= 4 is 0 Å². The van der Waals surface area contributed by atoms with Crippen molar-refractivity contribution in [3.8, 4) is 5.75 Å². The van der Waals surface area contributed by atoms with Crippen LogP contribution >= 0.6 is 0 Å². The molecule has 1 N–H and O–H groups in total. The van der Waals surface area contributed by atoms with E-state index in [-0.39, 0.29) is 5.75 Å². The number of unbranched alkanes of at least 4 members (excludes halogenated alkanes) is 1. The van der Waals surface area contributed by atoms with E-state index in [1.54, 1.807) is 0 Å². The third kappa shape index (κ3) is 5.77. The lowest BCUT2D eigenvalue weighted by molar-refractivity contribution is -0.140. The standard InChI is InChI=1S/C14H19F4NO/c1-2-7-19-8-3-4-9-20-11-5-6-13(15)12(10-11)14(16,17)18/h5-6,10,19H,2-4,7-9H2,1H3. The first-order valence-electron chi connectivity index (χ1n) is 6.65. The Labute approximate surface area is 116 Å². The van der Waals surface area contributed by atoms with Crippen LogP contribution in [0.1, 0.15) is 31.7 Å². The molecular formula is C14H19F4NO. The van der Waals surface area contributed by atoms with Crippen LogP contribution in [0.4, 0.5) is 17.6 Å². The van der Waals surface area contributed by atoms with Gasteiger partial charge in [0.15, 0.2) is 0 Å². The maximum atomic E-state index is 13.0. The minimum absolute atomic E-state index is 0.0419. The molecule has 0 amide bonds.